The summed E-state index contributed by atoms with van der Waals surface area (Å²) in [4.78, 5) is 23.9. The van der Waals surface area contributed by atoms with Gasteiger partial charge in [0.2, 0.25) is 0 Å². The Labute approximate surface area is 201 Å². The molecule has 34 heavy (non-hydrogen) atoms. The molecule has 7 nitrogen and oxygen atoms in total. The molecule has 2 saturated heterocycles. The van der Waals surface area contributed by atoms with E-state index in [2.05, 4.69) is 15.3 Å². The van der Waals surface area contributed by atoms with Crippen LogP contribution in [0.3, 0.4) is 0 Å². The molecule has 1 amide bonds. The molecule has 2 bridgehead atoms. The smallest absolute Gasteiger partial charge is 0.258 e. The van der Waals surface area contributed by atoms with Gasteiger partial charge in [-0.25, -0.2) is 18.7 Å². The zero-order valence-electron chi connectivity index (χ0n) is 18.9. The van der Waals surface area contributed by atoms with Crippen LogP contribution >= 0.6 is 11.6 Å². The maximum atomic E-state index is 14.1. The van der Waals surface area contributed by atoms with Crippen LogP contribution in [0.25, 0.3) is 5.57 Å². The van der Waals surface area contributed by atoms with E-state index >= 15 is 0 Å². The lowest BCUT2D eigenvalue weighted by Crippen LogP contribution is -2.44. The molecule has 3 aliphatic rings. The van der Waals surface area contributed by atoms with Crippen LogP contribution in [0.2, 0.25) is 5.02 Å². The van der Waals surface area contributed by atoms with Crippen LogP contribution in [0.1, 0.15) is 46.8 Å². The minimum Gasteiger partial charge on any atom is -0.489 e. The Hall–Kier alpha value is -2.78. The van der Waals surface area contributed by atoms with Crippen LogP contribution in [0, 0.1) is 19.7 Å². The molecule has 2 aromatic rings. The summed E-state index contributed by atoms with van der Waals surface area (Å²) in [6.07, 6.45) is 0.321. The van der Waals surface area contributed by atoms with Gasteiger partial charge in [-0.15, -0.1) is 0 Å². The largest absolute Gasteiger partial charge is 0.489 e. The highest BCUT2D eigenvalue weighted by molar-refractivity contribution is 6.31. The third kappa shape index (κ3) is 4.22. The molecule has 4 heterocycles. The van der Waals surface area contributed by atoms with E-state index in [0.717, 1.165) is 0 Å². The summed E-state index contributed by atoms with van der Waals surface area (Å²) in [6, 6.07) is 3.62. The summed E-state index contributed by atoms with van der Waals surface area (Å²) >= 11 is 6.19. The van der Waals surface area contributed by atoms with Crippen LogP contribution in [-0.2, 0) is 0 Å². The first kappa shape index (κ1) is 23.0. The summed E-state index contributed by atoms with van der Waals surface area (Å²) in [5, 5.41) is 3.74. The minimum absolute atomic E-state index is 0.0305. The topological polar surface area (TPSA) is 93.4 Å². The number of nitrogens with one attached hydrogen (secondary N) is 1. The van der Waals surface area contributed by atoms with Gasteiger partial charge in [-0.05, 0) is 38.8 Å². The predicted molar refractivity (Wildman–Crippen MR) is 124 cm³/mol. The van der Waals surface area contributed by atoms with Gasteiger partial charge in [-0.2, -0.15) is 0 Å². The van der Waals surface area contributed by atoms with E-state index in [1.165, 1.54) is 18.2 Å². The molecule has 0 radical (unpaired) electrons. The van der Waals surface area contributed by atoms with Crippen molar-refractivity contribution in [1.29, 1.82) is 0 Å². The van der Waals surface area contributed by atoms with Crippen LogP contribution in [0.5, 0.6) is 5.75 Å². The number of hydrogen-bond donors (Lipinski definition) is 2. The van der Waals surface area contributed by atoms with Crippen molar-refractivity contribution in [3.63, 3.8) is 0 Å². The molecule has 4 unspecified atom stereocenters. The Bertz CT molecular complexity index is 1160. The highest BCUT2D eigenvalue weighted by Gasteiger charge is 2.42. The molecule has 5 rings (SSSR count). The normalized spacial score (nSPS) is 26.3. The molecule has 0 aliphatic carbocycles. The molecule has 2 fully saturated rings. The highest BCUT2D eigenvalue weighted by Crippen LogP contribution is 2.34. The number of ether oxygens (including phenoxy) is 1. The van der Waals surface area contributed by atoms with Crippen molar-refractivity contribution in [1.82, 2.24) is 20.2 Å². The second-order valence-corrected chi connectivity index (χ2v) is 9.65. The summed E-state index contributed by atoms with van der Waals surface area (Å²) in [6.45, 7) is 3.98. The molecular formula is C24H26ClF2N5O2. The molecule has 0 spiro atoms. The number of alkyl halides is 1. The molecule has 1 aromatic carbocycles. The van der Waals surface area contributed by atoms with E-state index in [4.69, 9.17) is 22.1 Å². The van der Waals surface area contributed by atoms with Gasteiger partial charge in [-0.1, -0.05) is 11.6 Å². The Morgan fingerprint density at radius 3 is 2.65 bits per heavy atom. The fourth-order valence-corrected chi connectivity index (χ4v) is 5.13. The summed E-state index contributed by atoms with van der Waals surface area (Å²) < 4.78 is 34.3. The van der Waals surface area contributed by atoms with Gasteiger partial charge in [0.15, 0.2) is 5.82 Å². The van der Waals surface area contributed by atoms with Crippen LogP contribution in [-0.4, -0.2) is 58.2 Å². The number of fused-ring (bicyclic) bond motifs is 2. The SMILES string of the molecule is Cc1nc(C2=C(N)CN(C(=O)c3ccc(F)cc3OC3CC4CC(F)C(C3)N4)C2)nc(C)c1Cl. The van der Waals surface area contributed by atoms with Gasteiger partial charge in [0, 0.05) is 35.8 Å². The molecule has 3 aliphatic heterocycles. The third-order valence-electron chi connectivity index (χ3n) is 6.77. The Balaban J connectivity index is 1.35. The van der Waals surface area contributed by atoms with Gasteiger partial charge in [-0.3, -0.25) is 4.79 Å². The van der Waals surface area contributed by atoms with Crippen molar-refractivity contribution in [2.45, 2.75) is 57.5 Å². The number of aryl methyl sites for hydroxylation is 2. The zero-order chi connectivity index (χ0) is 24.1. The average molecular weight is 490 g/mol. The molecular weight excluding hydrogens is 464 g/mol. The second-order valence-electron chi connectivity index (χ2n) is 9.27. The van der Waals surface area contributed by atoms with Crippen molar-refractivity contribution < 1.29 is 18.3 Å². The number of piperidine rings is 1. The van der Waals surface area contributed by atoms with Crippen LogP contribution < -0.4 is 15.8 Å². The number of carbonyl (C=O) groups excluding carboxylic acids is 1. The monoisotopic (exact) mass is 489 g/mol. The molecule has 0 saturated carbocycles. The maximum Gasteiger partial charge on any atom is 0.258 e. The van der Waals surface area contributed by atoms with E-state index in [-0.39, 0.29) is 48.5 Å². The number of amides is 1. The predicted octanol–water partition coefficient (Wildman–Crippen LogP) is 3.32. The summed E-state index contributed by atoms with van der Waals surface area (Å²) in [5.74, 6) is -0.246. The van der Waals surface area contributed by atoms with Crippen molar-refractivity contribution in [2.75, 3.05) is 13.1 Å². The third-order valence-corrected chi connectivity index (χ3v) is 7.31. The number of benzene rings is 1. The van der Waals surface area contributed by atoms with Crippen molar-refractivity contribution in [3.05, 3.63) is 57.5 Å². The molecule has 10 heteroatoms. The first-order chi connectivity index (χ1) is 16.2. The number of rotatable bonds is 4. The number of hydrogen-bond acceptors (Lipinski definition) is 6. The van der Waals surface area contributed by atoms with Gasteiger partial charge in [0.1, 0.15) is 23.8 Å². The number of nitrogens with two attached hydrogens (primary N) is 1. The Morgan fingerprint density at radius 2 is 1.94 bits per heavy atom. The first-order valence-electron chi connectivity index (χ1n) is 11.3. The van der Waals surface area contributed by atoms with Crippen molar-refractivity contribution >= 4 is 23.1 Å². The number of halogens is 3. The lowest BCUT2D eigenvalue weighted by Gasteiger charge is -2.30. The molecule has 180 valence electrons. The standard InChI is InChI=1S/C24H26ClF2N5O2/c1-11-22(25)12(2)30-23(29-11)17-9-32(10-19(17)28)24(33)16-4-3-13(26)5-21(16)34-15-6-14-7-18(27)20(8-15)31-14/h3-5,14-15,18,20,31H,6-10,28H2,1-2H3. The first-order valence-corrected chi connectivity index (χ1v) is 11.7. The minimum atomic E-state index is -0.911. The van der Waals surface area contributed by atoms with Gasteiger partial charge in [0.05, 0.1) is 35.1 Å². The van der Waals surface area contributed by atoms with E-state index in [9.17, 15) is 13.6 Å². The maximum absolute atomic E-state index is 14.1. The Kier molecular flexibility index (Phi) is 5.93. The molecule has 4 atom stereocenters. The van der Waals surface area contributed by atoms with E-state index in [1.807, 2.05) is 0 Å². The molecule has 3 N–H and O–H groups in total. The lowest BCUT2D eigenvalue weighted by atomic mass is 10.0. The van der Waals surface area contributed by atoms with E-state index in [0.29, 0.717) is 52.8 Å². The fraction of sp³-hybridized carbons (Fsp3) is 0.458. The van der Waals surface area contributed by atoms with Crippen molar-refractivity contribution in [3.8, 4) is 5.75 Å². The van der Waals surface area contributed by atoms with Crippen LogP contribution in [0.15, 0.2) is 23.9 Å². The quantitative estimate of drug-likeness (QED) is 0.684. The van der Waals surface area contributed by atoms with Gasteiger partial charge in [0.25, 0.3) is 5.91 Å². The number of carbonyl (C=O) groups is 1. The molecule has 1 aromatic heterocycles. The number of nitrogens with zero attached hydrogens (tertiary/aromatic N) is 3. The second kappa shape index (κ2) is 8.78. The van der Waals surface area contributed by atoms with Gasteiger partial charge >= 0.3 is 0 Å². The average Bonchev–Trinajstić information content (AvgIpc) is 3.29. The highest BCUT2D eigenvalue weighted by atomic mass is 35.5. The zero-order valence-corrected chi connectivity index (χ0v) is 19.7. The lowest BCUT2D eigenvalue weighted by molar-refractivity contribution is 0.0784. The van der Waals surface area contributed by atoms with E-state index in [1.54, 1.807) is 18.7 Å². The summed E-state index contributed by atoms with van der Waals surface area (Å²) in [7, 11) is 0. The van der Waals surface area contributed by atoms with Crippen LogP contribution in [0.4, 0.5) is 8.78 Å². The number of aromatic nitrogens is 2. The van der Waals surface area contributed by atoms with Crippen molar-refractivity contribution in [2.24, 2.45) is 5.73 Å². The Morgan fingerprint density at radius 1 is 1.21 bits per heavy atom. The fourth-order valence-electron chi connectivity index (χ4n) is 5.05. The van der Waals surface area contributed by atoms with Gasteiger partial charge < -0.3 is 20.7 Å². The van der Waals surface area contributed by atoms with E-state index < -0.39 is 12.0 Å². The summed E-state index contributed by atoms with van der Waals surface area (Å²) in [5.41, 5.74) is 8.91.